The number of ether oxygens (including phenoxy) is 1. The summed E-state index contributed by atoms with van der Waals surface area (Å²) >= 11 is 0. The molecule has 1 atom stereocenters. The number of carbonyl (C=O) groups is 1. The molecule has 0 radical (unpaired) electrons. The molecule has 1 N–H and O–H groups in total. The predicted molar refractivity (Wildman–Crippen MR) is 77.7 cm³/mol. The number of nitro benzene ring substituents is 2. The Morgan fingerprint density at radius 3 is 2.36 bits per heavy atom. The Labute approximate surface area is 126 Å². The highest BCUT2D eigenvalue weighted by atomic mass is 16.6. The Balaban J connectivity index is 2.79. The summed E-state index contributed by atoms with van der Waals surface area (Å²) in [6.45, 7) is 5.30. The van der Waals surface area contributed by atoms with E-state index in [2.05, 4.69) is 5.32 Å². The minimum Gasteiger partial charge on any atom is -0.477 e. The number of hydrogen-bond acceptors (Lipinski definition) is 6. The molecule has 0 saturated heterocycles. The van der Waals surface area contributed by atoms with Crippen molar-refractivity contribution in [3.63, 3.8) is 0 Å². The van der Waals surface area contributed by atoms with Crippen LogP contribution in [-0.4, -0.2) is 28.4 Å². The molecule has 0 fully saturated rings. The first-order valence-corrected chi connectivity index (χ1v) is 6.57. The lowest BCUT2D eigenvalue weighted by atomic mass is 10.1. The molecule has 9 heteroatoms. The molecule has 1 aromatic rings. The molecule has 0 heterocycles. The van der Waals surface area contributed by atoms with Crippen molar-refractivity contribution in [1.82, 2.24) is 5.32 Å². The maximum Gasteiger partial charge on any atom is 0.317 e. The van der Waals surface area contributed by atoms with Gasteiger partial charge in [-0.3, -0.25) is 25.0 Å². The van der Waals surface area contributed by atoms with Gasteiger partial charge in [0.25, 0.3) is 11.6 Å². The monoisotopic (exact) mass is 311 g/mol. The molecule has 0 spiro atoms. The third-order valence-corrected chi connectivity index (χ3v) is 3.10. The van der Waals surface area contributed by atoms with Gasteiger partial charge in [0.2, 0.25) is 0 Å². The zero-order valence-electron chi connectivity index (χ0n) is 12.4. The fraction of sp³-hybridized carbons (Fsp3) is 0.462. The Bertz CT molecular complexity index is 587. The second-order valence-electron chi connectivity index (χ2n) is 5.06. The van der Waals surface area contributed by atoms with Gasteiger partial charge in [-0.1, -0.05) is 13.8 Å². The van der Waals surface area contributed by atoms with Crippen LogP contribution < -0.4 is 10.1 Å². The molecule has 1 amide bonds. The third kappa shape index (κ3) is 4.69. The molecule has 0 aromatic heterocycles. The molecular formula is C13H17N3O6. The third-order valence-electron chi connectivity index (χ3n) is 3.10. The fourth-order valence-electron chi connectivity index (χ4n) is 1.49. The lowest BCUT2D eigenvalue weighted by Gasteiger charge is -2.17. The van der Waals surface area contributed by atoms with E-state index in [0.29, 0.717) is 0 Å². The lowest BCUT2D eigenvalue weighted by molar-refractivity contribution is -0.394. The van der Waals surface area contributed by atoms with Gasteiger partial charge in [-0.05, 0) is 18.9 Å². The predicted octanol–water partition coefficient (Wildman–Crippen LogP) is 2.04. The van der Waals surface area contributed by atoms with E-state index < -0.39 is 33.7 Å². The number of nitrogens with zero attached hydrogens (tertiary/aromatic N) is 2. The van der Waals surface area contributed by atoms with Crippen molar-refractivity contribution in [2.75, 3.05) is 6.61 Å². The molecule has 0 aliphatic rings. The molecule has 0 saturated carbocycles. The maximum absolute atomic E-state index is 11.7. The molecule has 9 nitrogen and oxygen atoms in total. The normalized spacial score (nSPS) is 11.8. The van der Waals surface area contributed by atoms with E-state index in [1.165, 1.54) is 0 Å². The Morgan fingerprint density at radius 1 is 1.23 bits per heavy atom. The van der Waals surface area contributed by atoms with Crippen LogP contribution in [0.1, 0.15) is 20.8 Å². The number of carbonyl (C=O) groups excluding carboxylic acids is 1. The van der Waals surface area contributed by atoms with Crippen LogP contribution in [-0.2, 0) is 4.79 Å². The van der Waals surface area contributed by atoms with Crippen molar-refractivity contribution in [3.05, 3.63) is 38.4 Å². The van der Waals surface area contributed by atoms with E-state index >= 15 is 0 Å². The van der Waals surface area contributed by atoms with Crippen molar-refractivity contribution in [3.8, 4) is 5.75 Å². The van der Waals surface area contributed by atoms with Gasteiger partial charge in [0.1, 0.15) is 0 Å². The Hall–Kier alpha value is -2.71. The zero-order valence-corrected chi connectivity index (χ0v) is 12.4. The van der Waals surface area contributed by atoms with Crippen LogP contribution >= 0.6 is 0 Å². The van der Waals surface area contributed by atoms with Gasteiger partial charge in [-0.15, -0.1) is 0 Å². The number of benzene rings is 1. The number of amides is 1. The van der Waals surface area contributed by atoms with Crippen molar-refractivity contribution in [1.29, 1.82) is 0 Å². The molecule has 1 unspecified atom stereocenters. The van der Waals surface area contributed by atoms with Crippen LogP contribution in [0.5, 0.6) is 5.75 Å². The fourth-order valence-corrected chi connectivity index (χ4v) is 1.49. The number of rotatable bonds is 7. The van der Waals surface area contributed by atoms with Gasteiger partial charge in [-0.2, -0.15) is 0 Å². The number of hydrogen-bond donors (Lipinski definition) is 1. The summed E-state index contributed by atoms with van der Waals surface area (Å²) in [4.78, 5) is 31.7. The van der Waals surface area contributed by atoms with E-state index in [1.807, 2.05) is 20.8 Å². The van der Waals surface area contributed by atoms with E-state index in [9.17, 15) is 25.0 Å². The lowest BCUT2D eigenvalue weighted by Crippen LogP contribution is -2.39. The summed E-state index contributed by atoms with van der Waals surface area (Å²) in [5.74, 6) is -0.380. The minimum atomic E-state index is -0.795. The molecule has 1 aromatic carbocycles. The van der Waals surface area contributed by atoms with Gasteiger partial charge < -0.3 is 10.1 Å². The number of nitro groups is 2. The molecule has 22 heavy (non-hydrogen) atoms. The van der Waals surface area contributed by atoms with Gasteiger partial charge in [-0.25, -0.2) is 0 Å². The molecule has 0 bridgehead atoms. The van der Waals surface area contributed by atoms with Gasteiger partial charge in [0.05, 0.1) is 15.9 Å². The first-order valence-electron chi connectivity index (χ1n) is 6.57. The summed E-state index contributed by atoms with van der Waals surface area (Å²) in [5.41, 5.74) is -0.976. The average molecular weight is 311 g/mol. The summed E-state index contributed by atoms with van der Waals surface area (Å²) in [6.07, 6.45) is 0. The SMILES string of the molecule is CC(C)C(C)NC(=O)COc1ccc([N+](=O)[O-])cc1[N+](=O)[O-]. The van der Waals surface area contributed by atoms with E-state index in [-0.39, 0.29) is 17.7 Å². The molecule has 1 rings (SSSR count). The van der Waals surface area contributed by atoms with Crippen LogP contribution in [0.4, 0.5) is 11.4 Å². The van der Waals surface area contributed by atoms with Gasteiger partial charge in [0, 0.05) is 12.1 Å². The van der Waals surface area contributed by atoms with E-state index in [1.54, 1.807) is 0 Å². The minimum absolute atomic E-state index is 0.0667. The second kappa shape index (κ2) is 7.34. The second-order valence-corrected chi connectivity index (χ2v) is 5.06. The highest BCUT2D eigenvalue weighted by Crippen LogP contribution is 2.30. The molecule has 0 aliphatic carbocycles. The van der Waals surface area contributed by atoms with Crippen molar-refractivity contribution < 1.29 is 19.4 Å². The molecular weight excluding hydrogens is 294 g/mol. The molecule has 120 valence electrons. The Morgan fingerprint density at radius 2 is 1.86 bits per heavy atom. The Kier molecular flexibility index (Phi) is 5.79. The summed E-state index contributed by atoms with van der Waals surface area (Å²) in [6, 6.07) is 2.92. The number of non-ortho nitro benzene ring substituents is 1. The first kappa shape index (κ1) is 17.3. The van der Waals surface area contributed by atoms with Crippen molar-refractivity contribution in [2.45, 2.75) is 26.8 Å². The van der Waals surface area contributed by atoms with Crippen LogP contribution in [0.25, 0.3) is 0 Å². The van der Waals surface area contributed by atoms with E-state index in [4.69, 9.17) is 4.74 Å². The highest BCUT2D eigenvalue weighted by molar-refractivity contribution is 5.78. The summed E-state index contributed by atoms with van der Waals surface area (Å²) in [7, 11) is 0. The quantitative estimate of drug-likeness (QED) is 0.606. The van der Waals surface area contributed by atoms with Crippen LogP contribution in [0, 0.1) is 26.1 Å². The molecule has 0 aliphatic heterocycles. The summed E-state index contributed by atoms with van der Waals surface area (Å²) in [5, 5.41) is 24.2. The zero-order chi connectivity index (χ0) is 16.9. The van der Waals surface area contributed by atoms with Crippen LogP contribution in [0.15, 0.2) is 18.2 Å². The highest BCUT2D eigenvalue weighted by Gasteiger charge is 2.21. The summed E-state index contributed by atoms with van der Waals surface area (Å²) < 4.78 is 5.10. The first-order chi connectivity index (χ1) is 10.2. The largest absolute Gasteiger partial charge is 0.477 e. The topological polar surface area (TPSA) is 125 Å². The maximum atomic E-state index is 11.7. The van der Waals surface area contributed by atoms with Crippen molar-refractivity contribution >= 4 is 17.3 Å². The van der Waals surface area contributed by atoms with Crippen LogP contribution in [0.3, 0.4) is 0 Å². The number of nitrogens with one attached hydrogen (secondary N) is 1. The average Bonchev–Trinajstić information content (AvgIpc) is 2.44. The van der Waals surface area contributed by atoms with Gasteiger partial charge >= 0.3 is 5.69 Å². The van der Waals surface area contributed by atoms with Gasteiger partial charge in [0.15, 0.2) is 12.4 Å². The van der Waals surface area contributed by atoms with Crippen molar-refractivity contribution in [2.24, 2.45) is 5.92 Å². The van der Waals surface area contributed by atoms with Crippen LogP contribution in [0.2, 0.25) is 0 Å². The van der Waals surface area contributed by atoms with E-state index in [0.717, 1.165) is 18.2 Å². The standard InChI is InChI=1S/C13H17N3O6/c1-8(2)9(3)14-13(17)7-22-12-5-4-10(15(18)19)6-11(12)16(20)21/h4-6,8-9H,7H2,1-3H3,(H,14,17). The smallest absolute Gasteiger partial charge is 0.317 e.